The van der Waals surface area contributed by atoms with Gasteiger partial charge in [0.05, 0.1) is 0 Å². The van der Waals surface area contributed by atoms with Crippen LogP contribution in [0.15, 0.2) is 36.6 Å². The smallest absolute Gasteiger partial charge is 0.0438 e. The van der Waals surface area contributed by atoms with Crippen LogP contribution in [0.1, 0.15) is 65.5 Å². The first-order valence-corrected chi connectivity index (χ1v) is 10.0. The third-order valence-electron chi connectivity index (χ3n) is 4.26. The van der Waals surface area contributed by atoms with Crippen LogP contribution in [0.5, 0.6) is 0 Å². The molecule has 0 spiro atoms. The summed E-state index contributed by atoms with van der Waals surface area (Å²) in [5.41, 5.74) is 5.56. The number of rotatable bonds is 10. The van der Waals surface area contributed by atoms with Crippen LogP contribution in [0.4, 0.5) is 5.69 Å². The summed E-state index contributed by atoms with van der Waals surface area (Å²) in [7, 11) is 0. The lowest BCUT2D eigenvalue weighted by atomic mass is 9.90. The van der Waals surface area contributed by atoms with Gasteiger partial charge in [-0.15, -0.1) is 0 Å². The molecule has 0 unspecified atom stereocenters. The standard InChI is InChI=1S/C24H39N3/c1-18(2)26-14-9-15-27(21(5)17-24(6,7)8)23-13-12-22(16-19(23)3)11-10-20(4)25/h10-13,16,18,25-26H,5,9,14-15,17H2,1-4,6-8H3/b11-10+,25-20?. The van der Waals surface area contributed by atoms with Crippen LogP contribution in [-0.2, 0) is 0 Å². The van der Waals surface area contributed by atoms with Gasteiger partial charge in [0.15, 0.2) is 0 Å². The average molecular weight is 370 g/mol. The van der Waals surface area contributed by atoms with Gasteiger partial charge in [-0.1, -0.05) is 53.3 Å². The van der Waals surface area contributed by atoms with Crippen molar-refractivity contribution in [2.45, 2.75) is 67.3 Å². The summed E-state index contributed by atoms with van der Waals surface area (Å²) in [6.07, 6.45) is 5.89. The molecule has 27 heavy (non-hydrogen) atoms. The third-order valence-corrected chi connectivity index (χ3v) is 4.26. The van der Waals surface area contributed by atoms with Crippen molar-refractivity contribution in [1.29, 1.82) is 5.41 Å². The normalized spacial score (nSPS) is 12.0. The Morgan fingerprint density at radius 2 is 1.96 bits per heavy atom. The molecule has 0 radical (unpaired) electrons. The summed E-state index contributed by atoms with van der Waals surface area (Å²) in [5.74, 6) is 0. The highest BCUT2D eigenvalue weighted by Gasteiger charge is 2.19. The van der Waals surface area contributed by atoms with E-state index in [1.807, 2.05) is 12.2 Å². The molecule has 0 saturated heterocycles. The van der Waals surface area contributed by atoms with Crippen molar-refractivity contribution >= 4 is 17.5 Å². The molecule has 0 amide bonds. The molecule has 0 aliphatic rings. The van der Waals surface area contributed by atoms with Crippen molar-refractivity contribution in [3.8, 4) is 0 Å². The first-order valence-electron chi connectivity index (χ1n) is 10.0. The van der Waals surface area contributed by atoms with Crippen LogP contribution in [0.2, 0.25) is 0 Å². The highest BCUT2D eigenvalue weighted by molar-refractivity contribution is 5.93. The molecular formula is C24H39N3. The molecule has 2 N–H and O–H groups in total. The van der Waals surface area contributed by atoms with E-state index in [1.165, 1.54) is 16.9 Å². The Morgan fingerprint density at radius 1 is 1.30 bits per heavy atom. The van der Waals surface area contributed by atoms with Crippen LogP contribution in [0, 0.1) is 17.7 Å². The van der Waals surface area contributed by atoms with Gasteiger partial charge in [0, 0.05) is 29.7 Å². The molecule has 150 valence electrons. The average Bonchev–Trinajstić information content (AvgIpc) is 2.52. The van der Waals surface area contributed by atoms with E-state index in [0.717, 1.165) is 31.5 Å². The molecule has 1 aromatic rings. The zero-order valence-corrected chi connectivity index (χ0v) is 18.4. The van der Waals surface area contributed by atoms with Crippen LogP contribution in [-0.4, -0.2) is 24.8 Å². The fourth-order valence-corrected chi connectivity index (χ4v) is 3.09. The lowest BCUT2D eigenvalue weighted by Crippen LogP contribution is -2.30. The zero-order chi connectivity index (χ0) is 20.6. The first kappa shape index (κ1) is 23.2. The SMILES string of the molecule is C=C(CC(C)(C)C)N(CCCNC(C)C)c1ccc(/C=C/C(C)=N)cc1C. The zero-order valence-electron chi connectivity index (χ0n) is 18.4. The molecule has 0 atom stereocenters. The summed E-state index contributed by atoms with van der Waals surface area (Å²) >= 11 is 0. The van der Waals surface area contributed by atoms with Crippen LogP contribution in [0.25, 0.3) is 6.08 Å². The lowest BCUT2D eigenvalue weighted by Gasteiger charge is -2.32. The minimum absolute atomic E-state index is 0.212. The van der Waals surface area contributed by atoms with Crippen molar-refractivity contribution in [1.82, 2.24) is 5.32 Å². The maximum atomic E-state index is 7.56. The van der Waals surface area contributed by atoms with E-state index in [2.05, 4.69) is 76.5 Å². The molecule has 0 heterocycles. The Morgan fingerprint density at radius 3 is 2.48 bits per heavy atom. The number of aryl methyl sites for hydroxylation is 1. The lowest BCUT2D eigenvalue weighted by molar-refractivity contribution is 0.404. The maximum absolute atomic E-state index is 7.56. The van der Waals surface area contributed by atoms with Gasteiger partial charge in [0.2, 0.25) is 0 Å². The number of anilines is 1. The largest absolute Gasteiger partial charge is 0.345 e. The summed E-state index contributed by atoms with van der Waals surface area (Å²) in [6, 6.07) is 7.03. The Hall–Kier alpha value is -1.87. The number of hydrogen-bond donors (Lipinski definition) is 2. The monoisotopic (exact) mass is 369 g/mol. The van der Waals surface area contributed by atoms with E-state index in [9.17, 15) is 0 Å². The Labute approximate surface area is 167 Å². The molecule has 3 nitrogen and oxygen atoms in total. The van der Waals surface area contributed by atoms with Crippen molar-refractivity contribution in [2.75, 3.05) is 18.0 Å². The second-order valence-corrected chi connectivity index (χ2v) is 8.98. The summed E-state index contributed by atoms with van der Waals surface area (Å²) in [6.45, 7) is 21.5. The van der Waals surface area contributed by atoms with E-state index in [-0.39, 0.29) is 5.41 Å². The Balaban J connectivity index is 3.02. The second-order valence-electron chi connectivity index (χ2n) is 8.98. The number of nitrogens with zero attached hydrogens (tertiary/aromatic N) is 1. The maximum Gasteiger partial charge on any atom is 0.0438 e. The van der Waals surface area contributed by atoms with E-state index >= 15 is 0 Å². The van der Waals surface area contributed by atoms with Crippen molar-refractivity contribution < 1.29 is 0 Å². The van der Waals surface area contributed by atoms with E-state index < -0.39 is 0 Å². The number of benzene rings is 1. The highest BCUT2D eigenvalue weighted by Crippen LogP contribution is 2.31. The van der Waals surface area contributed by atoms with Crippen molar-refractivity contribution in [3.63, 3.8) is 0 Å². The molecular weight excluding hydrogens is 330 g/mol. The molecule has 0 fully saturated rings. The van der Waals surface area contributed by atoms with E-state index in [0.29, 0.717) is 11.8 Å². The first-order chi connectivity index (χ1) is 12.5. The highest BCUT2D eigenvalue weighted by atomic mass is 15.1. The predicted molar refractivity (Wildman–Crippen MR) is 122 cm³/mol. The molecule has 3 heteroatoms. The Kier molecular flexibility index (Phi) is 8.98. The summed E-state index contributed by atoms with van der Waals surface area (Å²) in [5, 5.41) is 11.1. The van der Waals surface area contributed by atoms with Gasteiger partial charge in [-0.3, -0.25) is 0 Å². The molecule has 0 bridgehead atoms. The minimum Gasteiger partial charge on any atom is -0.345 e. The van der Waals surface area contributed by atoms with Gasteiger partial charge < -0.3 is 15.6 Å². The number of allylic oxidation sites excluding steroid dienone is 2. The van der Waals surface area contributed by atoms with Gasteiger partial charge in [-0.2, -0.15) is 0 Å². The quantitative estimate of drug-likeness (QED) is 0.381. The molecule has 1 aromatic carbocycles. The fraction of sp³-hybridized carbons (Fsp3) is 0.542. The van der Waals surface area contributed by atoms with Gasteiger partial charge in [-0.25, -0.2) is 0 Å². The van der Waals surface area contributed by atoms with Gasteiger partial charge in [0.25, 0.3) is 0 Å². The van der Waals surface area contributed by atoms with Gasteiger partial charge in [-0.05, 0) is 68.0 Å². The number of hydrogen-bond acceptors (Lipinski definition) is 3. The molecule has 0 aliphatic heterocycles. The Bertz CT molecular complexity index is 663. The molecule has 1 rings (SSSR count). The van der Waals surface area contributed by atoms with Crippen molar-refractivity contribution in [2.24, 2.45) is 5.41 Å². The molecule has 0 aromatic heterocycles. The van der Waals surface area contributed by atoms with Crippen LogP contribution >= 0.6 is 0 Å². The fourth-order valence-electron chi connectivity index (χ4n) is 3.09. The van der Waals surface area contributed by atoms with Gasteiger partial charge >= 0.3 is 0 Å². The number of nitrogens with one attached hydrogen (secondary N) is 2. The predicted octanol–water partition coefficient (Wildman–Crippen LogP) is 6.19. The van der Waals surface area contributed by atoms with Crippen molar-refractivity contribution in [3.05, 3.63) is 47.7 Å². The summed E-state index contributed by atoms with van der Waals surface area (Å²) in [4.78, 5) is 2.39. The van der Waals surface area contributed by atoms with E-state index in [1.54, 1.807) is 6.92 Å². The topological polar surface area (TPSA) is 39.1 Å². The van der Waals surface area contributed by atoms with E-state index in [4.69, 9.17) is 5.41 Å². The van der Waals surface area contributed by atoms with Crippen LogP contribution < -0.4 is 10.2 Å². The summed E-state index contributed by atoms with van der Waals surface area (Å²) < 4.78 is 0. The third kappa shape index (κ3) is 9.05. The molecule has 0 aliphatic carbocycles. The minimum atomic E-state index is 0.212. The second kappa shape index (κ2) is 10.5. The van der Waals surface area contributed by atoms with Gasteiger partial charge in [0.1, 0.15) is 0 Å². The molecule has 0 saturated carbocycles. The van der Waals surface area contributed by atoms with Crippen LogP contribution in [0.3, 0.4) is 0 Å².